The van der Waals surface area contributed by atoms with Gasteiger partial charge in [0.1, 0.15) is 18.3 Å². The highest BCUT2D eigenvalue weighted by atomic mass is 16.5. The molecule has 2 aromatic carbocycles. The Labute approximate surface area is 164 Å². The number of carbonyl (C=O) groups excluding carboxylic acids is 2. The van der Waals surface area contributed by atoms with Gasteiger partial charge in [-0.15, -0.1) is 0 Å². The smallest absolute Gasteiger partial charge is 0.290 e. The maximum atomic E-state index is 12.7. The summed E-state index contributed by atoms with van der Waals surface area (Å²) in [6.45, 7) is 2.52. The van der Waals surface area contributed by atoms with Gasteiger partial charge in [0.25, 0.3) is 6.47 Å². The molecule has 0 bridgehead atoms. The Kier molecular flexibility index (Phi) is 7.56. The topological polar surface area (TPSA) is 87.2 Å². The number of rotatable bonds is 5. The number of nitrogens with zero attached hydrogens (tertiary/aromatic N) is 2. The monoisotopic (exact) mass is 384 g/mol. The molecular formula is C21H24N2O5. The Morgan fingerprint density at radius 2 is 1.71 bits per heavy atom. The number of carboxylic acid groups (broad SMARTS) is 1. The summed E-state index contributed by atoms with van der Waals surface area (Å²) in [4.78, 5) is 36.9. The lowest BCUT2D eigenvalue weighted by Gasteiger charge is -2.39. The SMILES string of the molecule is COc1cccc(CN2C(=O)CN(Cc3ccccc3)C(=O)[C@H]2C)c1.O=CO. The summed E-state index contributed by atoms with van der Waals surface area (Å²) in [5.74, 6) is 0.684. The molecule has 0 unspecified atom stereocenters. The van der Waals surface area contributed by atoms with Gasteiger partial charge in [-0.25, -0.2) is 0 Å². The molecule has 0 saturated carbocycles. The molecular weight excluding hydrogens is 360 g/mol. The van der Waals surface area contributed by atoms with E-state index in [0.717, 1.165) is 16.9 Å². The van der Waals surface area contributed by atoms with Crippen molar-refractivity contribution >= 4 is 18.3 Å². The van der Waals surface area contributed by atoms with E-state index in [-0.39, 0.29) is 24.8 Å². The Morgan fingerprint density at radius 1 is 1.07 bits per heavy atom. The average molecular weight is 384 g/mol. The van der Waals surface area contributed by atoms with E-state index in [1.807, 2.05) is 54.6 Å². The Bertz CT molecular complexity index is 809. The number of amides is 2. The predicted molar refractivity (Wildman–Crippen MR) is 104 cm³/mol. The van der Waals surface area contributed by atoms with E-state index in [0.29, 0.717) is 13.1 Å². The summed E-state index contributed by atoms with van der Waals surface area (Å²) in [6, 6.07) is 16.8. The van der Waals surface area contributed by atoms with Gasteiger partial charge in [-0.05, 0) is 30.2 Å². The van der Waals surface area contributed by atoms with Gasteiger partial charge in [-0.2, -0.15) is 0 Å². The number of ether oxygens (including phenoxy) is 1. The molecule has 28 heavy (non-hydrogen) atoms. The van der Waals surface area contributed by atoms with Crippen molar-refractivity contribution in [2.75, 3.05) is 13.7 Å². The van der Waals surface area contributed by atoms with Crippen molar-refractivity contribution in [3.8, 4) is 5.75 Å². The highest BCUT2D eigenvalue weighted by Crippen LogP contribution is 2.20. The molecule has 0 radical (unpaired) electrons. The number of carbonyl (C=O) groups is 3. The van der Waals surface area contributed by atoms with Crippen LogP contribution in [0.2, 0.25) is 0 Å². The Balaban J connectivity index is 0.000000878. The van der Waals surface area contributed by atoms with E-state index in [1.165, 1.54) is 0 Å². The number of methoxy groups -OCH3 is 1. The fourth-order valence-electron chi connectivity index (χ4n) is 3.08. The molecule has 148 valence electrons. The van der Waals surface area contributed by atoms with Gasteiger partial charge < -0.3 is 19.6 Å². The van der Waals surface area contributed by atoms with Gasteiger partial charge in [-0.3, -0.25) is 14.4 Å². The van der Waals surface area contributed by atoms with E-state index in [9.17, 15) is 9.59 Å². The second kappa shape index (κ2) is 10.1. The lowest BCUT2D eigenvalue weighted by molar-refractivity contribution is -0.156. The minimum Gasteiger partial charge on any atom is -0.497 e. The molecule has 1 atom stereocenters. The Morgan fingerprint density at radius 3 is 2.36 bits per heavy atom. The number of hydrogen-bond donors (Lipinski definition) is 1. The summed E-state index contributed by atoms with van der Waals surface area (Å²) >= 11 is 0. The molecule has 2 aromatic rings. The van der Waals surface area contributed by atoms with Crippen LogP contribution in [-0.2, 0) is 27.5 Å². The maximum absolute atomic E-state index is 12.7. The zero-order chi connectivity index (χ0) is 20.5. The third-order valence-electron chi connectivity index (χ3n) is 4.49. The van der Waals surface area contributed by atoms with Crippen LogP contribution in [0.5, 0.6) is 5.75 Å². The van der Waals surface area contributed by atoms with Crippen LogP contribution in [0.1, 0.15) is 18.1 Å². The summed E-state index contributed by atoms with van der Waals surface area (Å²) in [5, 5.41) is 6.89. The van der Waals surface area contributed by atoms with E-state index < -0.39 is 6.04 Å². The first-order valence-electron chi connectivity index (χ1n) is 8.83. The third-order valence-corrected chi connectivity index (χ3v) is 4.49. The zero-order valence-electron chi connectivity index (χ0n) is 15.9. The Hall–Kier alpha value is -3.35. The number of hydrogen-bond acceptors (Lipinski definition) is 4. The van der Waals surface area contributed by atoms with Crippen LogP contribution in [0.25, 0.3) is 0 Å². The molecule has 0 aliphatic carbocycles. The fraction of sp³-hybridized carbons (Fsp3) is 0.286. The van der Waals surface area contributed by atoms with Crippen LogP contribution in [0.3, 0.4) is 0 Å². The minimum atomic E-state index is -0.476. The average Bonchev–Trinajstić information content (AvgIpc) is 2.71. The van der Waals surface area contributed by atoms with Gasteiger partial charge >= 0.3 is 0 Å². The zero-order valence-corrected chi connectivity index (χ0v) is 15.9. The van der Waals surface area contributed by atoms with Gasteiger partial charge in [-0.1, -0.05) is 42.5 Å². The van der Waals surface area contributed by atoms with Crippen LogP contribution >= 0.6 is 0 Å². The van der Waals surface area contributed by atoms with Crippen molar-refractivity contribution in [2.45, 2.75) is 26.1 Å². The first-order valence-corrected chi connectivity index (χ1v) is 8.83. The largest absolute Gasteiger partial charge is 0.497 e. The van der Waals surface area contributed by atoms with Crippen molar-refractivity contribution in [3.05, 3.63) is 65.7 Å². The second-order valence-electron chi connectivity index (χ2n) is 6.33. The van der Waals surface area contributed by atoms with E-state index in [2.05, 4.69) is 0 Å². The first kappa shape index (κ1) is 21.0. The van der Waals surface area contributed by atoms with E-state index in [4.69, 9.17) is 14.6 Å². The summed E-state index contributed by atoms with van der Waals surface area (Å²) < 4.78 is 5.22. The lowest BCUT2D eigenvalue weighted by atomic mass is 10.1. The van der Waals surface area contributed by atoms with Crippen molar-refractivity contribution < 1.29 is 24.2 Å². The highest BCUT2D eigenvalue weighted by Gasteiger charge is 2.36. The number of piperazine rings is 1. The standard InChI is InChI=1S/C20H22N2O3.CH2O2/c1-15-20(24)21(12-16-7-4-3-5-8-16)14-19(23)22(15)13-17-9-6-10-18(11-17)25-2;2-1-3/h3-11,15H,12-14H2,1-2H3;1H,(H,2,3)/t15-;/m1./s1. The summed E-state index contributed by atoms with van der Waals surface area (Å²) in [5.41, 5.74) is 1.97. The van der Waals surface area contributed by atoms with Gasteiger partial charge in [0, 0.05) is 13.1 Å². The van der Waals surface area contributed by atoms with Crippen LogP contribution in [0.4, 0.5) is 0 Å². The third kappa shape index (κ3) is 5.33. The summed E-state index contributed by atoms with van der Waals surface area (Å²) in [7, 11) is 1.61. The second-order valence-corrected chi connectivity index (χ2v) is 6.33. The van der Waals surface area contributed by atoms with Gasteiger partial charge in [0.2, 0.25) is 11.8 Å². The van der Waals surface area contributed by atoms with Gasteiger partial charge in [0.05, 0.1) is 7.11 Å². The molecule has 1 N–H and O–H groups in total. The molecule has 7 nitrogen and oxygen atoms in total. The fourth-order valence-corrected chi connectivity index (χ4v) is 3.08. The van der Waals surface area contributed by atoms with E-state index in [1.54, 1.807) is 23.8 Å². The molecule has 1 aliphatic rings. The molecule has 3 rings (SSSR count). The van der Waals surface area contributed by atoms with Crippen molar-refractivity contribution in [1.29, 1.82) is 0 Å². The van der Waals surface area contributed by atoms with Gasteiger partial charge in [0.15, 0.2) is 0 Å². The lowest BCUT2D eigenvalue weighted by Crippen LogP contribution is -2.57. The summed E-state index contributed by atoms with van der Waals surface area (Å²) in [6.07, 6.45) is 0. The van der Waals surface area contributed by atoms with Crippen LogP contribution < -0.4 is 4.74 Å². The molecule has 0 spiro atoms. The van der Waals surface area contributed by atoms with E-state index >= 15 is 0 Å². The highest BCUT2D eigenvalue weighted by molar-refractivity contribution is 5.94. The van der Waals surface area contributed by atoms with Crippen molar-refractivity contribution in [3.63, 3.8) is 0 Å². The quantitative estimate of drug-likeness (QED) is 0.799. The van der Waals surface area contributed by atoms with Crippen molar-refractivity contribution in [2.24, 2.45) is 0 Å². The van der Waals surface area contributed by atoms with Crippen LogP contribution in [0.15, 0.2) is 54.6 Å². The van der Waals surface area contributed by atoms with Crippen LogP contribution in [-0.4, -0.2) is 52.9 Å². The molecule has 0 aromatic heterocycles. The molecule has 7 heteroatoms. The first-order chi connectivity index (χ1) is 13.5. The number of benzene rings is 2. The molecule has 1 heterocycles. The van der Waals surface area contributed by atoms with Crippen LogP contribution in [0, 0.1) is 0 Å². The minimum absolute atomic E-state index is 0.0219. The molecule has 1 saturated heterocycles. The predicted octanol–water partition coefficient (Wildman–Crippen LogP) is 2.16. The molecule has 2 amide bonds. The molecule has 1 fully saturated rings. The maximum Gasteiger partial charge on any atom is 0.290 e. The normalized spacial score (nSPS) is 16.3. The molecule has 1 aliphatic heterocycles. The van der Waals surface area contributed by atoms with Crippen molar-refractivity contribution in [1.82, 2.24) is 9.80 Å².